The summed E-state index contributed by atoms with van der Waals surface area (Å²) in [5, 5.41) is 14.1. The van der Waals surface area contributed by atoms with Crippen molar-refractivity contribution in [3.05, 3.63) is 65.7 Å². The second-order valence-corrected chi connectivity index (χ2v) is 7.22. The molecule has 3 rings (SSSR count). The summed E-state index contributed by atoms with van der Waals surface area (Å²) >= 11 is 2.85. The van der Waals surface area contributed by atoms with Crippen molar-refractivity contribution in [1.29, 1.82) is 0 Å². The van der Waals surface area contributed by atoms with E-state index >= 15 is 0 Å². The van der Waals surface area contributed by atoms with Gasteiger partial charge in [-0.1, -0.05) is 29.5 Å². The SMILES string of the molecule is O=C(Nc1nnc(NCCSc2ccccc2)s1)c1ccc(F)cc1F. The third-order valence-corrected chi connectivity index (χ3v) is 5.02. The van der Waals surface area contributed by atoms with Gasteiger partial charge in [-0.15, -0.1) is 22.0 Å². The van der Waals surface area contributed by atoms with Crippen LogP contribution in [0.2, 0.25) is 0 Å². The average Bonchev–Trinajstić information content (AvgIpc) is 3.07. The van der Waals surface area contributed by atoms with E-state index in [1.807, 2.05) is 30.3 Å². The number of anilines is 2. The van der Waals surface area contributed by atoms with Gasteiger partial charge in [0.2, 0.25) is 10.3 Å². The van der Waals surface area contributed by atoms with Crippen LogP contribution in [-0.2, 0) is 0 Å². The molecule has 0 saturated heterocycles. The average molecular weight is 392 g/mol. The van der Waals surface area contributed by atoms with Crippen LogP contribution < -0.4 is 10.6 Å². The van der Waals surface area contributed by atoms with Gasteiger partial charge < -0.3 is 5.32 Å². The summed E-state index contributed by atoms with van der Waals surface area (Å²) in [6, 6.07) is 12.8. The number of rotatable bonds is 7. The van der Waals surface area contributed by atoms with Crippen molar-refractivity contribution in [3.8, 4) is 0 Å². The Morgan fingerprint density at radius 2 is 1.85 bits per heavy atom. The number of nitrogens with zero attached hydrogens (tertiary/aromatic N) is 2. The van der Waals surface area contributed by atoms with Crippen molar-refractivity contribution in [2.45, 2.75) is 4.90 Å². The fourth-order valence-corrected chi connectivity index (χ4v) is 3.48. The Balaban J connectivity index is 1.49. The largest absolute Gasteiger partial charge is 0.359 e. The second kappa shape index (κ2) is 8.72. The standard InChI is InChI=1S/C17H14F2N4OS2/c18-11-6-7-13(14(19)10-11)15(24)21-17-23-22-16(26-17)20-8-9-25-12-4-2-1-3-5-12/h1-7,10H,8-9H2,(H,20,22)(H,21,23,24). The lowest BCUT2D eigenvalue weighted by molar-refractivity contribution is 0.102. The summed E-state index contributed by atoms with van der Waals surface area (Å²) in [5.41, 5.74) is -0.254. The molecule has 0 spiro atoms. The predicted molar refractivity (Wildman–Crippen MR) is 99.9 cm³/mol. The fraction of sp³-hybridized carbons (Fsp3) is 0.118. The summed E-state index contributed by atoms with van der Waals surface area (Å²) in [5.74, 6) is -1.53. The Bertz CT molecular complexity index is 889. The molecule has 26 heavy (non-hydrogen) atoms. The minimum absolute atomic E-state index is 0.233. The van der Waals surface area contributed by atoms with Gasteiger partial charge in [-0.2, -0.15) is 0 Å². The van der Waals surface area contributed by atoms with E-state index in [1.54, 1.807) is 11.8 Å². The number of benzene rings is 2. The highest BCUT2D eigenvalue weighted by Crippen LogP contribution is 2.22. The second-order valence-electron chi connectivity index (χ2n) is 5.08. The summed E-state index contributed by atoms with van der Waals surface area (Å²) in [4.78, 5) is 13.2. The summed E-state index contributed by atoms with van der Waals surface area (Å²) in [7, 11) is 0. The van der Waals surface area contributed by atoms with Gasteiger partial charge in [-0.25, -0.2) is 8.78 Å². The monoisotopic (exact) mass is 392 g/mol. The van der Waals surface area contributed by atoms with Crippen LogP contribution in [0.1, 0.15) is 10.4 Å². The van der Waals surface area contributed by atoms with Gasteiger partial charge in [0, 0.05) is 23.3 Å². The van der Waals surface area contributed by atoms with Gasteiger partial charge in [0.05, 0.1) is 5.56 Å². The number of carbonyl (C=O) groups is 1. The summed E-state index contributed by atoms with van der Waals surface area (Å²) < 4.78 is 26.5. The topological polar surface area (TPSA) is 66.9 Å². The molecule has 0 aliphatic heterocycles. The number of thioether (sulfide) groups is 1. The molecular formula is C17H14F2N4OS2. The molecule has 1 heterocycles. The van der Waals surface area contributed by atoms with E-state index < -0.39 is 17.5 Å². The summed E-state index contributed by atoms with van der Waals surface area (Å²) in [6.07, 6.45) is 0. The molecule has 9 heteroatoms. The van der Waals surface area contributed by atoms with Crippen LogP contribution in [0.3, 0.4) is 0 Å². The van der Waals surface area contributed by atoms with Gasteiger partial charge in [0.25, 0.3) is 5.91 Å². The van der Waals surface area contributed by atoms with Crippen molar-refractivity contribution >= 4 is 39.3 Å². The molecule has 0 aliphatic carbocycles. The molecule has 0 radical (unpaired) electrons. The lowest BCUT2D eigenvalue weighted by atomic mass is 10.2. The first-order valence-electron chi connectivity index (χ1n) is 7.63. The lowest BCUT2D eigenvalue weighted by Crippen LogP contribution is -2.13. The van der Waals surface area contributed by atoms with Crippen molar-refractivity contribution in [1.82, 2.24) is 10.2 Å². The zero-order valence-electron chi connectivity index (χ0n) is 13.4. The quantitative estimate of drug-likeness (QED) is 0.464. The lowest BCUT2D eigenvalue weighted by Gasteiger charge is -2.03. The molecule has 0 fully saturated rings. The number of hydrogen-bond donors (Lipinski definition) is 2. The molecule has 1 aromatic heterocycles. The van der Waals surface area contributed by atoms with E-state index in [1.165, 1.54) is 4.90 Å². The van der Waals surface area contributed by atoms with E-state index in [0.717, 1.165) is 29.2 Å². The van der Waals surface area contributed by atoms with Gasteiger partial charge in [-0.3, -0.25) is 10.1 Å². The third-order valence-electron chi connectivity index (χ3n) is 3.21. The molecule has 0 aliphatic rings. The van der Waals surface area contributed by atoms with Crippen molar-refractivity contribution in [3.63, 3.8) is 0 Å². The van der Waals surface area contributed by atoms with Crippen LogP contribution in [0.15, 0.2) is 53.4 Å². The fourth-order valence-electron chi connectivity index (χ4n) is 2.03. The first-order valence-corrected chi connectivity index (χ1v) is 9.43. The van der Waals surface area contributed by atoms with E-state index in [0.29, 0.717) is 17.7 Å². The molecule has 0 bridgehead atoms. The highest BCUT2D eigenvalue weighted by Gasteiger charge is 2.14. The van der Waals surface area contributed by atoms with Gasteiger partial charge in [-0.05, 0) is 24.3 Å². The van der Waals surface area contributed by atoms with Crippen molar-refractivity contribution < 1.29 is 13.6 Å². The molecule has 2 N–H and O–H groups in total. The Labute approximate surface area is 156 Å². The van der Waals surface area contributed by atoms with Crippen LogP contribution in [0, 0.1) is 11.6 Å². The third kappa shape index (κ3) is 4.99. The molecule has 3 aromatic rings. The van der Waals surface area contributed by atoms with Gasteiger partial charge >= 0.3 is 0 Å². The maximum atomic E-state index is 13.6. The van der Waals surface area contributed by atoms with Crippen LogP contribution in [0.4, 0.5) is 19.0 Å². The van der Waals surface area contributed by atoms with E-state index in [-0.39, 0.29) is 10.7 Å². The van der Waals surface area contributed by atoms with E-state index in [4.69, 9.17) is 0 Å². The zero-order valence-corrected chi connectivity index (χ0v) is 15.0. The maximum Gasteiger partial charge on any atom is 0.260 e. The first-order chi connectivity index (χ1) is 12.6. The number of hydrogen-bond acceptors (Lipinski definition) is 6. The molecular weight excluding hydrogens is 378 g/mol. The van der Waals surface area contributed by atoms with E-state index in [9.17, 15) is 13.6 Å². The van der Waals surface area contributed by atoms with Gasteiger partial charge in [0.15, 0.2) is 0 Å². The Hall–Kier alpha value is -2.52. The molecule has 0 saturated carbocycles. The van der Waals surface area contributed by atoms with Gasteiger partial charge in [0.1, 0.15) is 11.6 Å². The molecule has 134 valence electrons. The summed E-state index contributed by atoms with van der Waals surface area (Å²) in [6.45, 7) is 0.675. The maximum absolute atomic E-state index is 13.6. The molecule has 2 aromatic carbocycles. The molecule has 1 amide bonds. The Kier molecular flexibility index (Phi) is 6.13. The highest BCUT2D eigenvalue weighted by atomic mass is 32.2. The number of amides is 1. The predicted octanol–water partition coefficient (Wildman–Crippen LogP) is 4.27. The van der Waals surface area contributed by atoms with Crippen LogP contribution in [-0.4, -0.2) is 28.4 Å². The molecule has 0 atom stereocenters. The zero-order chi connectivity index (χ0) is 18.4. The van der Waals surface area contributed by atoms with Crippen LogP contribution >= 0.6 is 23.1 Å². The molecule has 0 unspecified atom stereocenters. The number of carbonyl (C=O) groups excluding carboxylic acids is 1. The number of aromatic nitrogens is 2. The normalized spacial score (nSPS) is 10.5. The minimum atomic E-state index is -0.927. The number of nitrogens with one attached hydrogen (secondary N) is 2. The Morgan fingerprint density at radius 1 is 1.08 bits per heavy atom. The van der Waals surface area contributed by atoms with Crippen molar-refractivity contribution in [2.24, 2.45) is 0 Å². The van der Waals surface area contributed by atoms with Crippen molar-refractivity contribution in [2.75, 3.05) is 22.9 Å². The smallest absolute Gasteiger partial charge is 0.260 e. The number of halogens is 2. The van der Waals surface area contributed by atoms with Crippen LogP contribution in [0.25, 0.3) is 0 Å². The first kappa shape index (κ1) is 18.3. The minimum Gasteiger partial charge on any atom is -0.359 e. The Morgan fingerprint density at radius 3 is 2.62 bits per heavy atom. The highest BCUT2D eigenvalue weighted by molar-refractivity contribution is 7.99. The van der Waals surface area contributed by atoms with E-state index in [2.05, 4.69) is 20.8 Å². The van der Waals surface area contributed by atoms with Crippen LogP contribution in [0.5, 0.6) is 0 Å². The molecule has 5 nitrogen and oxygen atoms in total.